The molecule has 158 valence electrons. The van der Waals surface area contributed by atoms with Gasteiger partial charge in [-0.05, 0) is 61.4 Å². The topological polar surface area (TPSA) is 49.0 Å². The summed E-state index contributed by atoms with van der Waals surface area (Å²) in [5, 5.41) is 0.927. The normalized spacial score (nSPS) is 11.6. The number of rotatable bonds is 4. The maximum atomic E-state index is 13.5. The summed E-state index contributed by atoms with van der Waals surface area (Å²) in [6.07, 6.45) is -1.44. The predicted octanol–water partition coefficient (Wildman–Crippen LogP) is 6.05. The maximum Gasteiger partial charge on any atom is 0.416 e. The van der Waals surface area contributed by atoms with Crippen molar-refractivity contribution in [3.05, 3.63) is 94.9 Å². The van der Waals surface area contributed by atoms with E-state index >= 15 is 0 Å². The summed E-state index contributed by atoms with van der Waals surface area (Å²) in [4.78, 5) is 22.1. The van der Waals surface area contributed by atoms with Gasteiger partial charge >= 0.3 is 6.18 Å². The van der Waals surface area contributed by atoms with Gasteiger partial charge in [0.25, 0.3) is 5.91 Å². The van der Waals surface area contributed by atoms with Crippen LogP contribution in [0.3, 0.4) is 0 Å². The van der Waals surface area contributed by atoms with E-state index in [2.05, 4.69) is 9.97 Å². The summed E-state index contributed by atoms with van der Waals surface area (Å²) < 4.78 is 40.0. The van der Waals surface area contributed by atoms with E-state index in [9.17, 15) is 18.0 Å². The van der Waals surface area contributed by atoms with Crippen LogP contribution in [0.2, 0.25) is 0 Å². The number of H-pyrrole nitrogens is 1. The molecule has 0 aliphatic rings. The first kappa shape index (κ1) is 20.7. The van der Waals surface area contributed by atoms with E-state index in [1.165, 1.54) is 23.2 Å². The number of aromatic amines is 1. The number of alkyl halides is 3. The average Bonchev–Trinajstić information content (AvgIpc) is 3.12. The van der Waals surface area contributed by atoms with E-state index in [4.69, 9.17) is 0 Å². The highest BCUT2D eigenvalue weighted by Gasteiger charge is 2.31. The molecule has 0 aliphatic heterocycles. The van der Waals surface area contributed by atoms with E-state index in [0.717, 1.165) is 34.3 Å². The minimum absolute atomic E-state index is 0.122. The van der Waals surface area contributed by atoms with Gasteiger partial charge in [-0.25, -0.2) is 0 Å². The molecule has 4 nitrogen and oxygen atoms in total. The number of aryl methyl sites for hydroxylation is 2. The molecule has 31 heavy (non-hydrogen) atoms. The lowest BCUT2D eigenvalue weighted by Crippen LogP contribution is -2.31. The third-order valence-corrected chi connectivity index (χ3v) is 5.20. The quantitative estimate of drug-likeness (QED) is 0.435. The minimum Gasteiger partial charge on any atom is -0.359 e. The van der Waals surface area contributed by atoms with Crippen LogP contribution in [0.15, 0.2) is 67.0 Å². The summed E-state index contributed by atoms with van der Waals surface area (Å²) in [5.74, 6) is -0.386. The first-order valence-corrected chi connectivity index (χ1v) is 9.71. The number of nitrogens with zero attached hydrogens (tertiary/aromatic N) is 2. The largest absolute Gasteiger partial charge is 0.416 e. The molecule has 2 aromatic heterocycles. The number of carbonyl (C=O) groups excluding carboxylic acids is 1. The standard InChI is InChI=1S/C24H20F3N3O/c1-15-13-28-10-9-20(15)23(31)30(19-7-4-6-18(12-19)24(25,26)27)14-17-5-3-8-22-21(17)11-16(2)29-22/h3-13,29H,14H2,1-2H3. The number of nitrogens with one attached hydrogen (secondary N) is 1. The van der Waals surface area contributed by atoms with Crippen LogP contribution in [0.25, 0.3) is 10.9 Å². The Morgan fingerprint density at radius 2 is 1.84 bits per heavy atom. The number of benzene rings is 2. The van der Waals surface area contributed by atoms with E-state index in [1.807, 2.05) is 31.2 Å². The number of anilines is 1. The molecule has 2 aromatic carbocycles. The van der Waals surface area contributed by atoms with E-state index in [0.29, 0.717) is 11.1 Å². The Morgan fingerprint density at radius 3 is 2.58 bits per heavy atom. The highest BCUT2D eigenvalue weighted by atomic mass is 19.4. The second kappa shape index (κ2) is 7.91. The molecular formula is C24H20F3N3O. The fraction of sp³-hybridized carbons (Fsp3) is 0.167. The molecule has 0 radical (unpaired) electrons. The van der Waals surface area contributed by atoms with Gasteiger partial charge in [-0.3, -0.25) is 9.78 Å². The van der Waals surface area contributed by atoms with Gasteiger partial charge in [-0.1, -0.05) is 18.2 Å². The monoisotopic (exact) mass is 423 g/mol. The van der Waals surface area contributed by atoms with Crippen LogP contribution in [-0.4, -0.2) is 15.9 Å². The van der Waals surface area contributed by atoms with Gasteiger partial charge in [0.1, 0.15) is 0 Å². The van der Waals surface area contributed by atoms with E-state index < -0.39 is 11.7 Å². The van der Waals surface area contributed by atoms with Crippen molar-refractivity contribution in [2.24, 2.45) is 0 Å². The summed E-state index contributed by atoms with van der Waals surface area (Å²) in [5.41, 5.74) is 3.13. The third-order valence-electron chi connectivity index (χ3n) is 5.20. The second-order valence-corrected chi connectivity index (χ2v) is 7.46. The third kappa shape index (κ3) is 4.17. The average molecular weight is 423 g/mol. The molecule has 0 saturated carbocycles. The Balaban J connectivity index is 1.83. The van der Waals surface area contributed by atoms with Crippen LogP contribution in [0.4, 0.5) is 18.9 Å². The van der Waals surface area contributed by atoms with Crippen LogP contribution in [0.1, 0.15) is 32.7 Å². The Morgan fingerprint density at radius 1 is 1.06 bits per heavy atom. The van der Waals surface area contributed by atoms with E-state index in [-0.39, 0.29) is 18.1 Å². The van der Waals surface area contributed by atoms with Gasteiger partial charge < -0.3 is 9.88 Å². The summed E-state index contributed by atoms with van der Waals surface area (Å²) >= 11 is 0. The van der Waals surface area contributed by atoms with Crippen LogP contribution < -0.4 is 4.90 Å². The molecule has 0 bridgehead atoms. The molecule has 0 unspecified atom stereocenters. The summed E-state index contributed by atoms with van der Waals surface area (Å²) in [6, 6.07) is 14.1. The molecule has 7 heteroatoms. The lowest BCUT2D eigenvalue weighted by Gasteiger charge is -2.25. The van der Waals surface area contributed by atoms with Crippen LogP contribution in [0.5, 0.6) is 0 Å². The molecule has 4 rings (SSSR count). The number of halogens is 3. The number of aromatic nitrogens is 2. The Kier molecular flexibility index (Phi) is 5.27. The van der Waals surface area contributed by atoms with Gasteiger partial charge in [0.05, 0.1) is 12.1 Å². The Labute approximate surface area is 177 Å². The van der Waals surface area contributed by atoms with E-state index in [1.54, 1.807) is 19.2 Å². The molecule has 1 N–H and O–H groups in total. The minimum atomic E-state index is -4.50. The fourth-order valence-corrected chi connectivity index (χ4v) is 3.65. The van der Waals surface area contributed by atoms with Crippen molar-refractivity contribution in [2.45, 2.75) is 26.6 Å². The molecule has 0 atom stereocenters. The number of hydrogen-bond donors (Lipinski definition) is 1. The van der Waals surface area contributed by atoms with Crippen molar-refractivity contribution in [2.75, 3.05) is 4.90 Å². The van der Waals surface area contributed by atoms with Crippen LogP contribution >= 0.6 is 0 Å². The Hall–Kier alpha value is -3.61. The van der Waals surface area contributed by atoms with Gasteiger partial charge in [0.2, 0.25) is 0 Å². The number of hydrogen-bond acceptors (Lipinski definition) is 2. The molecule has 0 fully saturated rings. The second-order valence-electron chi connectivity index (χ2n) is 7.46. The highest BCUT2D eigenvalue weighted by molar-refractivity contribution is 6.07. The van der Waals surface area contributed by atoms with Crippen molar-refractivity contribution in [1.29, 1.82) is 0 Å². The highest BCUT2D eigenvalue weighted by Crippen LogP contribution is 2.33. The molecule has 1 amide bonds. The maximum absolute atomic E-state index is 13.5. The summed E-state index contributed by atoms with van der Waals surface area (Å²) in [7, 11) is 0. The van der Waals surface area contributed by atoms with Crippen molar-refractivity contribution < 1.29 is 18.0 Å². The van der Waals surface area contributed by atoms with Crippen molar-refractivity contribution in [3.8, 4) is 0 Å². The van der Waals surface area contributed by atoms with Gasteiger partial charge in [-0.2, -0.15) is 13.2 Å². The first-order chi connectivity index (χ1) is 14.7. The number of carbonyl (C=O) groups is 1. The molecule has 4 aromatic rings. The fourth-order valence-electron chi connectivity index (χ4n) is 3.65. The predicted molar refractivity (Wildman–Crippen MR) is 114 cm³/mol. The lowest BCUT2D eigenvalue weighted by atomic mass is 10.1. The molecule has 0 saturated heterocycles. The summed E-state index contributed by atoms with van der Waals surface area (Å²) in [6.45, 7) is 3.80. The molecular weight excluding hydrogens is 403 g/mol. The van der Waals surface area contributed by atoms with Gasteiger partial charge in [0.15, 0.2) is 0 Å². The lowest BCUT2D eigenvalue weighted by molar-refractivity contribution is -0.137. The molecule has 2 heterocycles. The van der Waals surface area contributed by atoms with Crippen molar-refractivity contribution in [3.63, 3.8) is 0 Å². The first-order valence-electron chi connectivity index (χ1n) is 9.71. The number of pyridine rings is 1. The van der Waals surface area contributed by atoms with Gasteiger partial charge in [0, 0.05) is 40.2 Å². The van der Waals surface area contributed by atoms with Gasteiger partial charge in [-0.15, -0.1) is 0 Å². The number of fused-ring (bicyclic) bond motifs is 1. The van der Waals surface area contributed by atoms with Crippen LogP contribution in [0, 0.1) is 13.8 Å². The Bertz CT molecular complexity index is 1260. The smallest absolute Gasteiger partial charge is 0.359 e. The van der Waals surface area contributed by atoms with Crippen molar-refractivity contribution in [1.82, 2.24) is 9.97 Å². The number of amides is 1. The molecule has 0 spiro atoms. The van der Waals surface area contributed by atoms with Crippen molar-refractivity contribution >= 4 is 22.5 Å². The zero-order valence-corrected chi connectivity index (χ0v) is 17.0. The SMILES string of the molecule is Cc1cc2c(CN(C(=O)c3ccncc3C)c3cccc(C(F)(F)F)c3)cccc2[nH]1. The molecule has 0 aliphatic carbocycles. The zero-order valence-electron chi connectivity index (χ0n) is 17.0. The zero-order chi connectivity index (χ0) is 22.2. The van der Waals surface area contributed by atoms with Crippen LogP contribution in [-0.2, 0) is 12.7 Å².